The fourth-order valence-corrected chi connectivity index (χ4v) is 4.11. The smallest absolute Gasteiger partial charge is 0.321 e. The van der Waals surface area contributed by atoms with Crippen LogP contribution in [0, 0.1) is 20.8 Å². The number of nitrogens with one attached hydrogen (secondary N) is 1. The topological polar surface area (TPSA) is 67.2 Å². The standard InChI is InChI=1S/C23H26N4O2/c1-15-4-5-21-20(13-15)22(28)27(14-24-21)19-6-8-26(9-7-19)23(29)25-18-11-16(2)10-17(3)12-18/h4-5,10-14,19H,6-9H2,1-3H3,(H,25,29). The van der Waals surface area contributed by atoms with E-state index >= 15 is 0 Å². The van der Waals surface area contributed by atoms with E-state index in [-0.39, 0.29) is 17.6 Å². The maximum atomic E-state index is 12.9. The van der Waals surface area contributed by atoms with Crippen LogP contribution in [0.15, 0.2) is 47.5 Å². The number of anilines is 1. The highest BCUT2D eigenvalue weighted by Gasteiger charge is 2.25. The Labute approximate surface area is 170 Å². The van der Waals surface area contributed by atoms with E-state index in [0.717, 1.165) is 40.7 Å². The van der Waals surface area contributed by atoms with Crippen molar-refractivity contribution in [2.24, 2.45) is 0 Å². The SMILES string of the molecule is Cc1cc(C)cc(NC(=O)N2CCC(n3cnc4ccc(C)cc4c3=O)CC2)c1. The Morgan fingerprint density at radius 1 is 1.00 bits per heavy atom. The van der Waals surface area contributed by atoms with Crippen molar-refractivity contribution in [2.75, 3.05) is 18.4 Å². The third kappa shape index (κ3) is 4.01. The predicted octanol–water partition coefficient (Wildman–Crippen LogP) is 4.19. The third-order valence-electron chi connectivity index (χ3n) is 5.56. The van der Waals surface area contributed by atoms with E-state index in [1.807, 2.05) is 56.0 Å². The summed E-state index contributed by atoms with van der Waals surface area (Å²) in [7, 11) is 0. The minimum atomic E-state index is -0.0898. The molecule has 6 heteroatoms. The molecule has 0 bridgehead atoms. The van der Waals surface area contributed by atoms with Crippen molar-refractivity contribution >= 4 is 22.6 Å². The van der Waals surface area contributed by atoms with E-state index in [1.54, 1.807) is 10.9 Å². The summed E-state index contributed by atoms with van der Waals surface area (Å²) < 4.78 is 1.74. The van der Waals surface area contributed by atoms with Gasteiger partial charge in [-0.2, -0.15) is 0 Å². The number of hydrogen-bond acceptors (Lipinski definition) is 3. The van der Waals surface area contributed by atoms with E-state index in [9.17, 15) is 9.59 Å². The number of aromatic nitrogens is 2. The average molecular weight is 390 g/mol. The lowest BCUT2D eigenvalue weighted by molar-refractivity contribution is 0.182. The molecule has 1 fully saturated rings. The van der Waals surface area contributed by atoms with Crippen LogP contribution in [0.4, 0.5) is 10.5 Å². The first-order valence-electron chi connectivity index (χ1n) is 10.0. The predicted molar refractivity (Wildman–Crippen MR) is 116 cm³/mol. The second-order valence-electron chi connectivity index (χ2n) is 8.00. The zero-order valence-corrected chi connectivity index (χ0v) is 17.1. The highest BCUT2D eigenvalue weighted by molar-refractivity contribution is 5.89. The van der Waals surface area contributed by atoms with Crippen molar-refractivity contribution in [3.63, 3.8) is 0 Å². The summed E-state index contributed by atoms with van der Waals surface area (Å²) in [6.07, 6.45) is 3.12. The normalized spacial score (nSPS) is 14.9. The van der Waals surface area contributed by atoms with Gasteiger partial charge in [0.15, 0.2) is 0 Å². The summed E-state index contributed by atoms with van der Waals surface area (Å²) >= 11 is 0. The third-order valence-corrected chi connectivity index (χ3v) is 5.56. The Kier molecular flexibility index (Phi) is 5.09. The zero-order chi connectivity index (χ0) is 20.5. The maximum absolute atomic E-state index is 12.9. The van der Waals surface area contributed by atoms with Crippen molar-refractivity contribution in [3.05, 3.63) is 69.8 Å². The quantitative estimate of drug-likeness (QED) is 0.713. The second kappa shape index (κ2) is 7.70. The first-order chi connectivity index (χ1) is 13.9. The number of aryl methyl sites for hydroxylation is 3. The minimum Gasteiger partial charge on any atom is -0.324 e. The van der Waals surface area contributed by atoms with Crippen LogP contribution in [0.25, 0.3) is 10.9 Å². The largest absolute Gasteiger partial charge is 0.324 e. The van der Waals surface area contributed by atoms with E-state index in [4.69, 9.17) is 0 Å². The molecule has 2 aromatic carbocycles. The lowest BCUT2D eigenvalue weighted by Crippen LogP contribution is -2.42. The van der Waals surface area contributed by atoms with E-state index in [1.165, 1.54) is 0 Å². The molecule has 0 radical (unpaired) electrons. The van der Waals surface area contributed by atoms with Crippen LogP contribution in [0.3, 0.4) is 0 Å². The average Bonchev–Trinajstić information content (AvgIpc) is 2.68. The molecule has 150 valence electrons. The van der Waals surface area contributed by atoms with Crippen LogP contribution >= 0.6 is 0 Å². The number of carbonyl (C=O) groups is 1. The number of rotatable bonds is 2. The van der Waals surface area contributed by atoms with Gasteiger partial charge in [-0.05, 0) is 69.0 Å². The van der Waals surface area contributed by atoms with Crippen LogP contribution in [0.5, 0.6) is 0 Å². The summed E-state index contributed by atoms with van der Waals surface area (Å²) in [5.74, 6) is 0. The fourth-order valence-electron chi connectivity index (χ4n) is 4.11. The van der Waals surface area contributed by atoms with Crippen molar-refractivity contribution in [2.45, 2.75) is 39.7 Å². The summed E-state index contributed by atoms with van der Waals surface area (Å²) in [4.78, 5) is 31.8. The van der Waals surface area contributed by atoms with Gasteiger partial charge in [-0.25, -0.2) is 9.78 Å². The van der Waals surface area contributed by atoms with Gasteiger partial charge in [-0.15, -0.1) is 0 Å². The maximum Gasteiger partial charge on any atom is 0.321 e. The summed E-state index contributed by atoms with van der Waals surface area (Å²) in [5.41, 5.74) is 4.83. The fraction of sp³-hybridized carbons (Fsp3) is 0.348. The number of hydrogen-bond donors (Lipinski definition) is 1. The Morgan fingerprint density at radius 3 is 2.38 bits per heavy atom. The van der Waals surface area contributed by atoms with Gasteiger partial charge in [-0.3, -0.25) is 9.36 Å². The van der Waals surface area contributed by atoms with E-state index in [2.05, 4.69) is 16.4 Å². The molecule has 1 aliphatic heterocycles. The van der Waals surface area contributed by atoms with Crippen molar-refractivity contribution in [3.8, 4) is 0 Å². The van der Waals surface area contributed by atoms with E-state index < -0.39 is 0 Å². The molecule has 1 aliphatic rings. The molecule has 0 atom stereocenters. The molecular formula is C23H26N4O2. The summed E-state index contributed by atoms with van der Waals surface area (Å²) in [5, 5.41) is 3.65. The molecule has 29 heavy (non-hydrogen) atoms. The number of amides is 2. The van der Waals surface area contributed by atoms with Crippen LogP contribution < -0.4 is 10.9 Å². The first kappa shape index (κ1) is 19.2. The van der Waals surface area contributed by atoms with Crippen LogP contribution in [0.2, 0.25) is 0 Å². The van der Waals surface area contributed by atoms with Gasteiger partial charge in [0, 0.05) is 24.8 Å². The van der Waals surface area contributed by atoms with Crippen molar-refractivity contribution in [1.29, 1.82) is 0 Å². The van der Waals surface area contributed by atoms with Crippen LogP contribution in [-0.2, 0) is 0 Å². The summed E-state index contributed by atoms with van der Waals surface area (Å²) in [6, 6.07) is 11.7. The van der Waals surface area contributed by atoms with Crippen molar-refractivity contribution in [1.82, 2.24) is 14.5 Å². The molecule has 0 saturated carbocycles. The molecule has 4 rings (SSSR count). The number of benzene rings is 2. The number of fused-ring (bicyclic) bond motifs is 1. The number of likely N-dealkylation sites (tertiary alicyclic amines) is 1. The lowest BCUT2D eigenvalue weighted by atomic mass is 10.0. The molecule has 0 unspecified atom stereocenters. The Hall–Kier alpha value is -3.15. The van der Waals surface area contributed by atoms with Gasteiger partial charge >= 0.3 is 6.03 Å². The molecule has 3 aromatic rings. The van der Waals surface area contributed by atoms with Crippen LogP contribution in [0.1, 0.15) is 35.6 Å². The van der Waals surface area contributed by atoms with Gasteiger partial charge in [0.05, 0.1) is 17.2 Å². The Balaban J connectivity index is 1.45. The number of urea groups is 1. The summed E-state index contributed by atoms with van der Waals surface area (Å²) in [6.45, 7) is 7.23. The van der Waals surface area contributed by atoms with Gasteiger partial charge in [0.1, 0.15) is 0 Å². The molecule has 2 heterocycles. The van der Waals surface area contributed by atoms with E-state index in [0.29, 0.717) is 18.5 Å². The highest BCUT2D eigenvalue weighted by atomic mass is 16.2. The first-order valence-corrected chi connectivity index (χ1v) is 10.0. The molecule has 0 spiro atoms. The molecule has 0 aliphatic carbocycles. The molecule has 6 nitrogen and oxygen atoms in total. The number of piperidine rings is 1. The van der Waals surface area contributed by atoms with Gasteiger partial charge in [0.2, 0.25) is 0 Å². The van der Waals surface area contributed by atoms with Gasteiger partial charge in [0.25, 0.3) is 5.56 Å². The minimum absolute atomic E-state index is 0.00293. The monoisotopic (exact) mass is 390 g/mol. The van der Waals surface area contributed by atoms with Crippen LogP contribution in [-0.4, -0.2) is 33.6 Å². The van der Waals surface area contributed by atoms with Gasteiger partial charge in [-0.1, -0.05) is 17.7 Å². The number of carbonyl (C=O) groups excluding carboxylic acids is 1. The van der Waals surface area contributed by atoms with Crippen molar-refractivity contribution < 1.29 is 4.79 Å². The zero-order valence-electron chi connectivity index (χ0n) is 17.1. The highest BCUT2D eigenvalue weighted by Crippen LogP contribution is 2.23. The molecule has 1 saturated heterocycles. The Bertz CT molecular complexity index is 1110. The number of nitrogens with zero attached hydrogens (tertiary/aromatic N) is 3. The molecular weight excluding hydrogens is 364 g/mol. The molecule has 2 amide bonds. The van der Waals surface area contributed by atoms with Gasteiger partial charge < -0.3 is 10.2 Å². The lowest BCUT2D eigenvalue weighted by Gasteiger charge is -2.32. The molecule has 1 N–H and O–H groups in total. The molecule has 1 aromatic heterocycles. The Morgan fingerprint density at radius 2 is 1.69 bits per heavy atom. The second-order valence-corrected chi connectivity index (χ2v) is 8.00.